The Kier molecular flexibility index (Phi) is 6.15. The molecule has 4 aliphatic heterocycles. The smallest absolute Gasteiger partial charge is 0.407 e. The van der Waals surface area contributed by atoms with Gasteiger partial charge in [0.15, 0.2) is 0 Å². The first-order valence-corrected chi connectivity index (χ1v) is 12.4. The van der Waals surface area contributed by atoms with Gasteiger partial charge in [0.1, 0.15) is 11.9 Å². The van der Waals surface area contributed by atoms with Gasteiger partial charge in [-0.2, -0.15) is 0 Å². The Morgan fingerprint density at radius 2 is 1.94 bits per heavy atom. The zero-order chi connectivity index (χ0) is 23.9. The largest absolute Gasteiger partial charge is 0.493 e. The van der Waals surface area contributed by atoms with Crippen molar-refractivity contribution in [2.24, 2.45) is 11.3 Å². The van der Waals surface area contributed by atoms with Crippen LogP contribution < -0.4 is 14.8 Å². The van der Waals surface area contributed by atoms with Gasteiger partial charge in [-0.05, 0) is 63.4 Å². The van der Waals surface area contributed by atoms with E-state index < -0.39 is 0 Å². The first-order valence-electron chi connectivity index (χ1n) is 12.4. The van der Waals surface area contributed by atoms with Crippen molar-refractivity contribution >= 4 is 6.09 Å². The van der Waals surface area contributed by atoms with Gasteiger partial charge >= 0.3 is 6.09 Å². The molecule has 6 rings (SSSR count). The van der Waals surface area contributed by atoms with Gasteiger partial charge in [-0.25, -0.2) is 9.78 Å². The minimum Gasteiger partial charge on any atom is -0.493 e. The number of nitrogens with zero attached hydrogens (tertiary/aromatic N) is 2. The summed E-state index contributed by atoms with van der Waals surface area (Å²) in [6, 6.07) is 9.81. The van der Waals surface area contributed by atoms with E-state index in [0.29, 0.717) is 18.4 Å². The van der Waals surface area contributed by atoms with Gasteiger partial charge in [-0.3, -0.25) is 4.90 Å². The second kappa shape index (κ2) is 9.10. The Labute approximate surface area is 201 Å². The number of carbonyl (C=O) groups excluding carboxylic acids is 1. The van der Waals surface area contributed by atoms with E-state index in [0.717, 1.165) is 54.9 Å². The molecule has 2 bridgehead atoms. The van der Waals surface area contributed by atoms with Crippen LogP contribution in [0, 0.1) is 11.3 Å². The number of hydrogen-bond acceptors (Lipinski definition) is 6. The molecule has 1 aromatic heterocycles. The molecular formula is C27H35N3O4. The van der Waals surface area contributed by atoms with Crippen LogP contribution in [0.25, 0.3) is 11.1 Å². The molecule has 4 aliphatic rings. The minimum absolute atomic E-state index is 0.0116. The number of aromatic nitrogens is 1. The van der Waals surface area contributed by atoms with Gasteiger partial charge in [0, 0.05) is 35.3 Å². The molecule has 1 N–H and O–H groups in total. The molecule has 182 valence electrons. The molecule has 0 aliphatic carbocycles. The van der Waals surface area contributed by atoms with Crippen LogP contribution in [0.15, 0.2) is 36.5 Å². The fourth-order valence-electron chi connectivity index (χ4n) is 5.31. The second-order valence-electron chi connectivity index (χ2n) is 10.7. The number of hydrogen-bond donors (Lipinski definition) is 1. The quantitative estimate of drug-likeness (QED) is 0.683. The first-order chi connectivity index (χ1) is 16.3. The third-order valence-electron chi connectivity index (χ3n) is 7.25. The predicted molar refractivity (Wildman–Crippen MR) is 130 cm³/mol. The van der Waals surface area contributed by atoms with Crippen molar-refractivity contribution in [2.45, 2.75) is 58.8 Å². The van der Waals surface area contributed by atoms with Crippen LogP contribution in [0.5, 0.6) is 11.6 Å². The lowest BCUT2D eigenvalue weighted by molar-refractivity contribution is -0.0361. The number of ether oxygens (including phenoxy) is 3. The van der Waals surface area contributed by atoms with Crippen molar-refractivity contribution in [1.82, 2.24) is 15.2 Å². The van der Waals surface area contributed by atoms with E-state index in [1.54, 1.807) is 0 Å². The number of amides is 1. The van der Waals surface area contributed by atoms with Crippen molar-refractivity contribution < 1.29 is 19.0 Å². The second-order valence-corrected chi connectivity index (χ2v) is 10.7. The Bertz CT molecular complexity index is 1030. The molecule has 0 spiro atoms. The minimum atomic E-state index is -0.335. The summed E-state index contributed by atoms with van der Waals surface area (Å²) in [5.41, 5.74) is 2.70. The van der Waals surface area contributed by atoms with Crippen molar-refractivity contribution in [3.63, 3.8) is 0 Å². The summed E-state index contributed by atoms with van der Waals surface area (Å²) >= 11 is 0. The highest BCUT2D eigenvalue weighted by atomic mass is 16.6. The van der Waals surface area contributed by atoms with Gasteiger partial charge < -0.3 is 19.5 Å². The molecule has 5 heterocycles. The Hall–Kier alpha value is -2.80. The lowest BCUT2D eigenvalue weighted by Crippen LogP contribution is -2.53. The highest BCUT2D eigenvalue weighted by Gasteiger charge is 2.41. The van der Waals surface area contributed by atoms with E-state index in [9.17, 15) is 4.79 Å². The summed E-state index contributed by atoms with van der Waals surface area (Å²) in [6.07, 6.45) is 3.78. The molecule has 7 nitrogen and oxygen atoms in total. The summed E-state index contributed by atoms with van der Waals surface area (Å²) in [5.74, 6) is 1.88. The number of nitrogens with one attached hydrogen (secondary N) is 1. The van der Waals surface area contributed by atoms with E-state index in [4.69, 9.17) is 14.2 Å². The molecule has 0 radical (unpaired) electrons. The molecule has 2 atom stereocenters. The van der Waals surface area contributed by atoms with Crippen LogP contribution >= 0.6 is 0 Å². The molecule has 1 amide bonds. The van der Waals surface area contributed by atoms with Crippen molar-refractivity contribution in [3.8, 4) is 22.8 Å². The van der Waals surface area contributed by atoms with Crippen LogP contribution in [0.4, 0.5) is 4.79 Å². The maximum atomic E-state index is 12.9. The number of pyridine rings is 1. The van der Waals surface area contributed by atoms with Crippen LogP contribution in [0.2, 0.25) is 0 Å². The number of benzene rings is 1. The molecule has 3 saturated heterocycles. The molecule has 7 heteroatoms. The van der Waals surface area contributed by atoms with E-state index in [1.807, 2.05) is 44.3 Å². The number of alkyl carbamates (subject to hydrolysis) is 1. The number of carbonyl (C=O) groups is 1. The molecule has 2 aromatic rings. The van der Waals surface area contributed by atoms with Crippen molar-refractivity contribution in [1.29, 1.82) is 0 Å². The fraction of sp³-hybridized carbons (Fsp3) is 0.556. The monoisotopic (exact) mass is 465 g/mol. The molecular weight excluding hydrogens is 430 g/mol. The molecule has 3 fully saturated rings. The van der Waals surface area contributed by atoms with Gasteiger partial charge in [0.05, 0.1) is 18.8 Å². The lowest BCUT2D eigenvalue weighted by atomic mass is 9.78. The Morgan fingerprint density at radius 3 is 2.59 bits per heavy atom. The fourth-order valence-corrected chi connectivity index (χ4v) is 5.31. The third kappa shape index (κ3) is 4.71. The van der Waals surface area contributed by atoms with Crippen molar-refractivity contribution in [3.05, 3.63) is 42.1 Å². The summed E-state index contributed by atoms with van der Waals surface area (Å²) in [7, 11) is 0. The molecule has 1 unspecified atom stereocenters. The molecule has 1 aromatic carbocycles. The zero-order valence-corrected chi connectivity index (χ0v) is 20.5. The highest BCUT2D eigenvalue weighted by Crippen LogP contribution is 2.44. The zero-order valence-electron chi connectivity index (χ0n) is 20.5. The summed E-state index contributed by atoms with van der Waals surface area (Å²) in [5, 5.41) is 3.17. The number of rotatable bonds is 5. The van der Waals surface area contributed by atoms with Gasteiger partial charge in [-0.1, -0.05) is 26.0 Å². The van der Waals surface area contributed by atoms with E-state index in [-0.39, 0.29) is 29.8 Å². The molecule has 34 heavy (non-hydrogen) atoms. The normalized spacial score (nSPS) is 27.0. The van der Waals surface area contributed by atoms with E-state index >= 15 is 0 Å². The third-order valence-corrected chi connectivity index (χ3v) is 7.25. The van der Waals surface area contributed by atoms with Crippen LogP contribution in [-0.4, -0.2) is 54.4 Å². The van der Waals surface area contributed by atoms with Crippen LogP contribution in [0.3, 0.4) is 0 Å². The van der Waals surface area contributed by atoms with Gasteiger partial charge in [0.25, 0.3) is 0 Å². The standard InChI is InChI=1S/C27H35N3O4/c1-17(2)33-24-8-6-20(14-28-24)19-5-7-21-22(13-19)32-16-27(3,4)25(21)29-26(31)34-23-15-30-11-9-18(23)10-12-30/h5-8,13-14,17-18,23,25H,9-12,15-16H2,1-4H3,(H,29,31)/t23-,25?/m1/s1. The lowest BCUT2D eigenvalue weighted by Gasteiger charge is -2.44. The highest BCUT2D eigenvalue weighted by molar-refractivity contribution is 5.70. The predicted octanol–water partition coefficient (Wildman–Crippen LogP) is 4.82. The van der Waals surface area contributed by atoms with Crippen molar-refractivity contribution in [2.75, 3.05) is 26.2 Å². The van der Waals surface area contributed by atoms with E-state index in [1.165, 1.54) is 0 Å². The van der Waals surface area contributed by atoms with Gasteiger partial charge in [-0.15, -0.1) is 0 Å². The maximum absolute atomic E-state index is 12.9. The number of piperidine rings is 3. The van der Waals surface area contributed by atoms with Crippen LogP contribution in [0.1, 0.15) is 52.1 Å². The maximum Gasteiger partial charge on any atom is 0.407 e. The first kappa shape index (κ1) is 23.0. The summed E-state index contributed by atoms with van der Waals surface area (Å²) < 4.78 is 17.7. The summed E-state index contributed by atoms with van der Waals surface area (Å²) in [6.45, 7) is 11.8. The average Bonchev–Trinajstić information content (AvgIpc) is 2.82. The Balaban J connectivity index is 1.32. The topological polar surface area (TPSA) is 72.9 Å². The Morgan fingerprint density at radius 1 is 1.18 bits per heavy atom. The number of fused-ring (bicyclic) bond motifs is 4. The van der Waals surface area contributed by atoms with E-state index in [2.05, 4.69) is 35.1 Å². The summed E-state index contributed by atoms with van der Waals surface area (Å²) in [4.78, 5) is 19.7. The average molecular weight is 466 g/mol. The van der Waals surface area contributed by atoms with Gasteiger partial charge in [0.2, 0.25) is 5.88 Å². The SMILES string of the molecule is CC(C)Oc1ccc(-c2ccc3c(c2)OCC(C)(C)C3NC(=O)O[C@@H]2CN3CCC2CC3)cn1. The molecule has 0 saturated carbocycles. The van der Waals surface area contributed by atoms with Crippen LogP contribution in [-0.2, 0) is 4.74 Å².